The maximum Gasteiger partial charge on any atom is 0.459 e. The molecule has 0 amide bonds. The maximum atomic E-state index is 16.2. The molecule has 2 aromatic rings. The zero-order chi connectivity index (χ0) is 29.2. The van der Waals surface area contributed by atoms with Gasteiger partial charge in [0.1, 0.15) is 24.5 Å². The minimum absolute atomic E-state index is 0.0465. The Hall–Kier alpha value is -3.13. The molecule has 0 fully saturated rings. The monoisotopic (exact) mass is 573 g/mol. The third-order valence-corrected chi connectivity index (χ3v) is 6.55. The number of benzene rings is 1. The van der Waals surface area contributed by atoms with Gasteiger partial charge in [-0.15, -0.1) is 0 Å². The molecule has 0 aliphatic carbocycles. The number of hydrogen-bond donors (Lipinski definition) is 4. The molecule has 1 aromatic heterocycles. The quantitative estimate of drug-likeness (QED) is 0.139. The summed E-state index contributed by atoms with van der Waals surface area (Å²) in [4.78, 5) is 37.8. The summed E-state index contributed by atoms with van der Waals surface area (Å²) in [5.41, 5.74) is -1.77. The van der Waals surface area contributed by atoms with Crippen molar-refractivity contribution in [3.05, 3.63) is 75.6 Å². The molecule has 0 radical (unpaired) electrons. The van der Waals surface area contributed by atoms with Crippen LogP contribution in [-0.2, 0) is 23.4 Å². The average molecular weight is 574 g/mol. The fourth-order valence-corrected chi connectivity index (χ4v) is 4.59. The summed E-state index contributed by atoms with van der Waals surface area (Å²) in [6.07, 6.45) is -1.03. The number of aromatic nitrogens is 2. The highest BCUT2D eigenvalue weighted by Gasteiger charge is 2.45. The first-order valence-corrected chi connectivity index (χ1v) is 13.4. The standard InChI is InChI=1S/C24H33FN3O10P/c1-5-9-19(30)24(25,37-21(14-29)28-13-12-20(31)26-23(28)33)15-35-39(34,38-18-10-7-6-8-11-18)27-17(4)22(32)36-16(2)3/h5-13,16-17,19,21,29-30H,14-15H2,1-4H3,(H,27,34)(H,26,31,33)/t17?,19-,21+,24+,39?/m0/s1. The highest BCUT2D eigenvalue weighted by atomic mass is 31.2. The molecule has 0 aliphatic heterocycles. The van der Waals surface area contributed by atoms with Crippen LogP contribution in [0.25, 0.3) is 0 Å². The Kier molecular flexibility index (Phi) is 11.8. The van der Waals surface area contributed by atoms with Crippen LogP contribution in [0.1, 0.15) is 33.9 Å². The van der Waals surface area contributed by atoms with Gasteiger partial charge in [-0.3, -0.25) is 23.7 Å². The van der Waals surface area contributed by atoms with Crippen LogP contribution in [0.5, 0.6) is 5.75 Å². The van der Waals surface area contributed by atoms with E-state index < -0.39 is 68.5 Å². The summed E-state index contributed by atoms with van der Waals surface area (Å²) >= 11 is 0. The fourth-order valence-electron chi connectivity index (χ4n) is 3.08. The number of halogens is 1. The second kappa shape index (κ2) is 14.3. The van der Waals surface area contributed by atoms with Crippen molar-refractivity contribution in [2.75, 3.05) is 13.2 Å². The Morgan fingerprint density at radius 3 is 2.46 bits per heavy atom. The van der Waals surface area contributed by atoms with Crippen LogP contribution in [0.4, 0.5) is 4.39 Å². The smallest absolute Gasteiger partial charge is 0.459 e. The lowest BCUT2D eigenvalue weighted by atomic mass is 10.1. The molecule has 1 heterocycles. The number of carbonyl (C=O) groups is 1. The highest BCUT2D eigenvalue weighted by molar-refractivity contribution is 7.52. The molecular weight excluding hydrogens is 540 g/mol. The van der Waals surface area contributed by atoms with E-state index in [1.165, 1.54) is 32.1 Å². The summed E-state index contributed by atoms with van der Waals surface area (Å²) in [6.45, 7) is 3.80. The van der Waals surface area contributed by atoms with E-state index in [-0.39, 0.29) is 5.75 Å². The van der Waals surface area contributed by atoms with Gasteiger partial charge in [-0.2, -0.15) is 5.09 Å². The van der Waals surface area contributed by atoms with E-state index in [1.54, 1.807) is 32.0 Å². The molecule has 5 atom stereocenters. The summed E-state index contributed by atoms with van der Waals surface area (Å²) in [5.74, 6) is -3.97. The van der Waals surface area contributed by atoms with Crippen LogP contribution < -0.4 is 20.9 Å². The number of aliphatic hydroxyl groups is 2. The molecule has 15 heteroatoms. The third kappa shape index (κ3) is 9.53. The SMILES string of the molecule is CC=C[C@H](O)[C@@](F)(COP(=O)(NC(C)C(=O)OC(C)C)Oc1ccccc1)O[C@H](CO)n1ccc(=O)[nH]c1=O. The van der Waals surface area contributed by atoms with E-state index in [0.29, 0.717) is 4.57 Å². The number of carbonyl (C=O) groups excluding carboxylic acids is 1. The summed E-state index contributed by atoms with van der Waals surface area (Å²) in [5, 5.41) is 22.7. The number of esters is 1. The van der Waals surface area contributed by atoms with Crippen molar-refractivity contribution in [2.45, 2.75) is 58.0 Å². The molecule has 2 rings (SSSR count). The number of rotatable bonds is 15. The maximum absolute atomic E-state index is 16.2. The fraction of sp³-hybridized carbons (Fsp3) is 0.458. The van der Waals surface area contributed by atoms with Crippen molar-refractivity contribution < 1.29 is 42.5 Å². The Morgan fingerprint density at radius 2 is 1.90 bits per heavy atom. The largest absolute Gasteiger partial charge is 0.462 e. The van der Waals surface area contributed by atoms with Crippen molar-refractivity contribution >= 4 is 13.7 Å². The van der Waals surface area contributed by atoms with Gasteiger partial charge in [0.05, 0.1) is 12.7 Å². The molecule has 216 valence electrons. The van der Waals surface area contributed by atoms with Crippen molar-refractivity contribution in [3.8, 4) is 5.75 Å². The molecule has 2 unspecified atom stereocenters. The second-order valence-corrected chi connectivity index (χ2v) is 10.2. The molecule has 0 saturated heterocycles. The second-order valence-electron chi connectivity index (χ2n) is 8.54. The number of aliphatic hydroxyl groups excluding tert-OH is 2. The van der Waals surface area contributed by atoms with Crippen LogP contribution in [0.15, 0.2) is 64.3 Å². The molecule has 0 spiro atoms. The predicted molar refractivity (Wildman–Crippen MR) is 138 cm³/mol. The summed E-state index contributed by atoms with van der Waals surface area (Å²) in [6, 6.07) is 7.39. The normalized spacial score (nSPS) is 17.2. The van der Waals surface area contributed by atoms with Crippen molar-refractivity contribution in [1.82, 2.24) is 14.6 Å². The van der Waals surface area contributed by atoms with Crippen molar-refractivity contribution in [1.29, 1.82) is 0 Å². The van der Waals surface area contributed by atoms with E-state index in [4.69, 9.17) is 18.5 Å². The van der Waals surface area contributed by atoms with Crippen LogP contribution in [0.3, 0.4) is 0 Å². The topological polar surface area (TPSA) is 178 Å². The summed E-state index contributed by atoms with van der Waals surface area (Å²) in [7, 11) is -4.57. The van der Waals surface area contributed by atoms with E-state index in [1.807, 2.05) is 4.98 Å². The number of ether oxygens (including phenoxy) is 2. The van der Waals surface area contributed by atoms with E-state index in [2.05, 4.69) is 5.09 Å². The van der Waals surface area contributed by atoms with Gasteiger partial charge in [0.2, 0.25) is 0 Å². The van der Waals surface area contributed by atoms with Crippen LogP contribution in [-0.4, -0.2) is 63.1 Å². The van der Waals surface area contributed by atoms with Crippen LogP contribution >= 0.6 is 7.75 Å². The number of hydrogen-bond acceptors (Lipinski definition) is 10. The first-order chi connectivity index (χ1) is 18.3. The average Bonchev–Trinajstić information content (AvgIpc) is 2.87. The lowest BCUT2D eigenvalue weighted by molar-refractivity contribution is -0.258. The Labute approximate surface area is 223 Å². The number of nitrogens with zero attached hydrogens (tertiary/aromatic N) is 1. The van der Waals surface area contributed by atoms with Gasteiger partial charge in [0, 0.05) is 12.3 Å². The van der Waals surface area contributed by atoms with Gasteiger partial charge in [-0.05, 0) is 39.8 Å². The molecule has 0 saturated carbocycles. The van der Waals surface area contributed by atoms with Gasteiger partial charge in [-0.25, -0.2) is 13.8 Å². The zero-order valence-electron chi connectivity index (χ0n) is 21.9. The number of allylic oxidation sites excluding steroid dienone is 1. The molecule has 1 aromatic carbocycles. The van der Waals surface area contributed by atoms with Crippen molar-refractivity contribution in [2.24, 2.45) is 0 Å². The number of nitrogens with one attached hydrogen (secondary N) is 2. The lowest BCUT2D eigenvalue weighted by Gasteiger charge is -2.33. The molecule has 4 N–H and O–H groups in total. The van der Waals surface area contributed by atoms with Crippen LogP contribution in [0, 0.1) is 0 Å². The Morgan fingerprint density at radius 1 is 1.23 bits per heavy atom. The summed E-state index contributed by atoms with van der Waals surface area (Å²) < 4.78 is 51.7. The minimum Gasteiger partial charge on any atom is -0.462 e. The Bertz CT molecular complexity index is 1270. The van der Waals surface area contributed by atoms with E-state index in [0.717, 1.165) is 18.3 Å². The molecule has 13 nitrogen and oxygen atoms in total. The van der Waals surface area contributed by atoms with Gasteiger partial charge in [0.25, 0.3) is 11.4 Å². The van der Waals surface area contributed by atoms with Crippen LogP contribution in [0.2, 0.25) is 0 Å². The van der Waals surface area contributed by atoms with Gasteiger partial charge in [-0.1, -0.05) is 30.4 Å². The van der Waals surface area contributed by atoms with Gasteiger partial charge < -0.3 is 24.2 Å². The van der Waals surface area contributed by atoms with E-state index >= 15 is 4.39 Å². The molecule has 0 aliphatic rings. The van der Waals surface area contributed by atoms with E-state index in [9.17, 15) is 29.2 Å². The number of aromatic amines is 1. The Balaban J connectivity index is 2.39. The number of alkyl halides is 1. The van der Waals surface area contributed by atoms with Gasteiger partial charge in [0.15, 0.2) is 6.23 Å². The molecule has 0 bridgehead atoms. The number of para-hydroxylation sites is 1. The number of H-pyrrole nitrogens is 1. The van der Waals surface area contributed by atoms with Crippen molar-refractivity contribution in [3.63, 3.8) is 0 Å². The molecular formula is C24H33FN3O10P. The highest BCUT2D eigenvalue weighted by Crippen LogP contribution is 2.46. The zero-order valence-corrected chi connectivity index (χ0v) is 22.7. The molecule has 39 heavy (non-hydrogen) atoms. The predicted octanol–water partition coefficient (Wildman–Crippen LogP) is 1.78. The first-order valence-electron chi connectivity index (χ1n) is 11.9. The third-order valence-electron chi connectivity index (χ3n) is 4.92. The minimum atomic E-state index is -4.57. The van der Waals surface area contributed by atoms with Gasteiger partial charge >= 0.3 is 19.4 Å². The first kappa shape index (κ1) is 32.1. The lowest BCUT2D eigenvalue weighted by Crippen LogP contribution is -2.48.